The van der Waals surface area contributed by atoms with Gasteiger partial charge in [0.15, 0.2) is 0 Å². The Kier molecular flexibility index (Phi) is 4.19. The van der Waals surface area contributed by atoms with Gasteiger partial charge >= 0.3 is 5.69 Å². The number of carbonyl (C=O) groups is 1. The van der Waals surface area contributed by atoms with Crippen LogP contribution in [0.4, 0.5) is 0 Å². The molecule has 0 saturated heterocycles. The highest BCUT2D eigenvalue weighted by Gasteiger charge is 2.54. The first-order valence-corrected chi connectivity index (χ1v) is 10.8. The summed E-state index contributed by atoms with van der Waals surface area (Å²) in [5.74, 6) is 2.18. The van der Waals surface area contributed by atoms with E-state index in [0.717, 1.165) is 24.2 Å². The van der Waals surface area contributed by atoms with Gasteiger partial charge in [0.25, 0.3) is 11.5 Å². The quantitative estimate of drug-likeness (QED) is 0.738. The molecule has 0 aliphatic heterocycles. The largest absolute Gasteiger partial charge is 0.349 e. The van der Waals surface area contributed by atoms with Crippen LogP contribution in [0.5, 0.6) is 0 Å². The van der Waals surface area contributed by atoms with Gasteiger partial charge in [0, 0.05) is 11.7 Å². The maximum atomic E-state index is 13.3. The van der Waals surface area contributed by atoms with Crippen LogP contribution in [0.25, 0.3) is 11.0 Å². The number of aromatic amines is 2. The summed E-state index contributed by atoms with van der Waals surface area (Å²) in [6.07, 6.45) is 8.60. The molecule has 4 bridgehead atoms. The topological polar surface area (TPSA) is 108 Å². The number of amides is 1. The molecule has 2 aromatic rings. The third-order valence-corrected chi connectivity index (χ3v) is 7.62. The smallest absolute Gasteiger partial charge is 0.327 e. The van der Waals surface area contributed by atoms with Crippen molar-refractivity contribution in [3.05, 3.63) is 38.2 Å². The Balaban J connectivity index is 1.50. The van der Waals surface area contributed by atoms with Crippen molar-refractivity contribution in [2.45, 2.75) is 64.8 Å². The molecule has 0 radical (unpaired) electrons. The Morgan fingerprint density at radius 3 is 2.38 bits per heavy atom. The maximum Gasteiger partial charge on any atom is 0.327 e. The number of nitrogens with one attached hydrogen (secondary N) is 3. The number of hydrogen-bond acceptors (Lipinski definition) is 4. The van der Waals surface area contributed by atoms with Crippen LogP contribution in [0.2, 0.25) is 0 Å². The molecule has 6 rings (SSSR count). The molecule has 1 unspecified atom stereocenters. The highest BCUT2D eigenvalue weighted by atomic mass is 16.2. The number of aromatic nitrogens is 3. The molecule has 0 spiro atoms. The van der Waals surface area contributed by atoms with Crippen LogP contribution in [0.1, 0.15) is 67.9 Å². The molecule has 4 fully saturated rings. The van der Waals surface area contributed by atoms with Crippen molar-refractivity contribution >= 4 is 16.9 Å². The van der Waals surface area contributed by atoms with Crippen LogP contribution in [-0.4, -0.2) is 26.9 Å². The van der Waals surface area contributed by atoms with E-state index in [1.807, 2.05) is 0 Å². The van der Waals surface area contributed by atoms with Gasteiger partial charge in [0.1, 0.15) is 5.65 Å². The Labute approximate surface area is 168 Å². The fraction of sp³-hybridized carbons (Fsp3) is 0.636. The first kappa shape index (κ1) is 18.6. The third kappa shape index (κ3) is 3.02. The van der Waals surface area contributed by atoms with E-state index in [2.05, 4.69) is 27.2 Å². The lowest BCUT2D eigenvalue weighted by Gasteiger charge is -2.59. The van der Waals surface area contributed by atoms with Crippen LogP contribution in [-0.2, 0) is 0 Å². The normalized spacial score (nSPS) is 31.2. The molecule has 1 amide bonds. The number of pyridine rings is 1. The van der Waals surface area contributed by atoms with Gasteiger partial charge in [-0.15, -0.1) is 0 Å². The number of carbonyl (C=O) groups excluding carboxylic acids is 1. The molecule has 4 aliphatic carbocycles. The molecule has 1 atom stereocenters. The first-order valence-electron chi connectivity index (χ1n) is 10.8. The second-order valence-electron chi connectivity index (χ2n) is 9.66. The van der Waals surface area contributed by atoms with Gasteiger partial charge in [0.05, 0.1) is 10.9 Å². The van der Waals surface area contributed by atoms with Gasteiger partial charge in [-0.1, -0.05) is 6.92 Å². The summed E-state index contributed by atoms with van der Waals surface area (Å²) in [6.45, 7) is 3.90. The average molecular weight is 396 g/mol. The SMILES string of the molecule is CCC(NC(=O)c1cc(C)nc2[nH]c(=O)[nH]c(=O)c12)C12CC3CC(CC(C3)C1)C2. The van der Waals surface area contributed by atoms with Crippen LogP contribution in [0.15, 0.2) is 15.7 Å². The van der Waals surface area contributed by atoms with Gasteiger partial charge in [-0.05, 0) is 81.1 Å². The number of nitrogens with zero attached hydrogens (tertiary/aromatic N) is 1. The van der Waals surface area contributed by atoms with Gasteiger partial charge in [-0.25, -0.2) is 9.78 Å². The van der Waals surface area contributed by atoms with Crippen LogP contribution < -0.4 is 16.6 Å². The summed E-state index contributed by atoms with van der Waals surface area (Å²) in [7, 11) is 0. The van der Waals surface area contributed by atoms with E-state index in [4.69, 9.17) is 0 Å². The number of rotatable bonds is 4. The Bertz CT molecular complexity index is 1060. The zero-order chi connectivity index (χ0) is 20.3. The summed E-state index contributed by atoms with van der Waals surface area (Å²) < 4.78 is 0. The van der Waals surface area contributed by atoms with E-state index in [1.54, 1.807) is 13.0 Å². The minimum absolute atomic E-state index is 0.105. The van der Waals surface area contributed by atoms with Crippen molar-refractivity contribution in [1.82, 2.24) is 20.3 Å². The Hall–Kier alpha value is -2.44. The average Bonchev–Trinajstić information content (AvgIpc) is 2.63. The second kappa shape index (κ2) is 6.54. The summed E-state index contributed by atoms with van der Waals surface area (Å²) >= 11 is 0. The van der Waals surface area contributed by atoms with Crippen molar-refractivity contribution in [3.63, 3.8) is 0 Å². The van der Waals surface area contributed by atoms with Gasteiger partial charge in [-0.2, -0.15) is 0 Å². The van der Waals surface area contributed by atoms with Gasteiger partial charge in [-0.3, -0.25) is 19.6 Å². The summed E-state index contributed by atoms with van der Waals surface area (Å²) in [6, 6.07) is 1.74. The van der Waals surface area contributed by atoms with E-state index in [1.165, 1.54) is 38.5 Å². The van der Waals surface area contributed by atoms with E-state index in [0.29, 0.717) is 5.69 Å². The minimum atomic E-state index is -0.619. The monoisotopic (exact) mass is 396 g/mol. The number of fused-ring (bicyclic) bond motifs is 1. The number of hydrogen-bond donors (Lipinski definition) is 3. The van der Waals surface area contributed by atoms with Crippen molar-refractivity contribution in [3.8, 4) is 0 Å². The first-order chi connectivity index (χ1) is 13.9. The molecule has 2 aromatic heterocycles. The molecule has 7 heteroatoms. The summed E-state index contributed by atoms with van der Waals surface area (Å²) in [5, 5.41) is 3.44. The lowest BCUT2D eigenvalue weighted by Crippen LogP contribution is -2.56. The standard InChI is InChI=1S/C22H28N4O3/c1-3-16(22-8-12-5-13(9-22)7-14(6-12)10-22)24-19(27)15-4-11(2)23-18-17(15)20(28)26-21(29)25-18/h4,12-14,16H,3,5-10H2,1-2H3,(H,24,27)(H2,23,25,26,28,29). The van der Waals surface area contributed by atoms with E-state index in [9.17, 15) is 14.4 Å². The predicted octanol–water partition coefficient (Wildman–Crippen LogP) is 2.64. The molecule has 0 aromatic carbocycles. The van der Waals surface area contributed by atoms with Crippen LogP contribution in [0, 0.1) is 30.1 Å². The van der Waals surface area contributed by atoms with Crippen LogP contribution in [0.3, 0.4) is 0 Å². The molecular weight excluding hydrogens is 368 g/mol. The molecule has 4 saturated carbocycles. The van der Waals surface area contributed by atoms with E-state index >= 15 is 0 Å². The second-order valence-corrected chi connectivity index (χ2v) is 9.66. The van der Waals surface area contributed by atoms with Crippen molar-refractivity contribution in [2.24, 2.45) is 23.2 Å². The fourth-order valence-corrected chi connectivity index (χ4v) is 7.01. The Morgan fingerprint density at radius 1 is 1.17 bits per heavy atom. The zero-order valence-corrected chi connectivity index (χ0v) is 17.0. The van der Waals surface area contributed by atoms with Crippen molar-refractivity contribution in [1.29, 1.82) is 0 Å². The number of H-pyrrole nitrogens is 2. The van der Waals surface area contributed by atoms with Crippen LogP contribution >= 0.6 is 0 Å². The number of aryl methyl sites for hydroxylation is 1. The lowest BCUT2D eigenvalue weighted by molar-refractivity contribution is -0.0727. The molecule has 3 N–H and O–H groups in total. The molecular formula is C22H28N4O3. The molecule has 4 aliphatic rings. The molecule has 2 heterocycles. The summed E-state index contributed by atoms with van der Waals surface area (Å²) in [5.41, 5.74) is 0.0282. The van der Waals surface area contributed by atoms with Gasteiger partial charge in [0.2, 0.25) is 0 Å². The van der Waals surface area contributed by atoms with E-state index < -0.39 is 11.2 Å². The molecule has 7 nitrogen and oxygen atoms in total. The van der Waals surface area contributed by atoms with Gasteiger partial charge < -0.3 is 5.32 Å². The van der Waals surface area contributed by atoms with E-state index in [-0.39, 0.29) is 34.0 Å². The minimum Gasteiger partial charge on any atom is -0.349 e. The highest BCUT2D eigenvalue weighted by Crippen LogP contribution is 2.61. The zero-order valence-electron chi connectivity index (χ0n) is 17.0. The predicted molar refractivity (Wildman–Crippen MR) is 110 cm³/mol. The Morgan fingerprint density at radius 2 is 1.79 bits per heavy atom. The highest BCUT2D eigenvalue weighted by molar-refractivity contribution is 6.05. The molecule has 29 heavy (non-hydrogen) atoms. The fourth-order valence-electron chi connectivity index (χ4n) is 7.01. The van der Waals surface area contributed by atoms with Crippen molar-refractivity contribution < 1.29 is 4.79 Å². The lowest BCUT2D eigenvalue weighted by atomic mass is 9.47. The van der Waals surface area contributed by atoms with Crippen molar-refractivity contribution in [2.75, 3.05) is 0 Å². The third-order valence-electron chi connectivity index (χ3n) is 7.62. The maximum absolute atomic E-state index is 13.3. The molecule has 154 valence electrons. The summed E-state index contributed by atoms with van der Waals surface area (Å²) in [4.78, 5) is 46.4.